The number of nitrogens with two attached hydrogens (primary N) is 1. The van der Waals surface area contributed by atoms with E-state index in [0.29, 0.717) is 13.1 Å². The zero-order valence-corrected chi connectivity index (χ0v) is 16.3. The molecule has 0 saturated carbocycles. The van der Waals surface area contributed by atoms with E-state index in [9.17, 15) is 9.59 Å². The highest BCUT2D eigenvalue weighted by Gasteiger charge is 2.30. The molecule has 0 bridgehead atoms. The van der Waals surface area contributed by atoms with Gasteiger partial charge in [-0.3, -0.25) is 9.59 Å². The Balaban J connectivity index is 0.00000484. The first kappa shape index (κ1) is 21.9. The van der Waals surface area contributed by atoms with Gasteiger partial charge in [0.15, 0.2) is 0 Å². The van der Waals surface area contributed by atoms with Gasteiger partial charge in [0, 0.05) is 23.0 Å². The lowest BCUT2D eigenvalue weighted by molar-refractivity contribution is -0.129. The Morgan fingerprint density at radius 2 is 1.43 bits per heavy atom. The summed E-state index contributed by atoms with van der Waals surface area (Å²) in [6, 6.07) is 7.31. The van der Waals surface area contributed by atoms with E-state index in [1.165, 1.54) is 0 Å². The van der Waals surface area contributed by atoms with Gasteiger partial charge < -0.3 is 16.4 Å². The minimum Gasteiger partial charge on any atom is -0.354 e. The number of hydrogen-bond acceptors (Lipinski definition) is 3. The molecule has 0 aliphatic carbocycles. The zero-order chi connectivity index (χ0) is 17.0. The van der Waals surface area contributed by atoms with Crippen molar-refractivity contribution in [2.45, 2.75) is 33.2 Å². The summed E-state index contributed by atoms with van der Waals surface area (Å²) in [5, 5.41) is 5.53. The van der Waals surface area contributed by atoms with Crippen LogP contribution in [-0.2, 0) is 15.1 Å². The van der Waals surface area contributed by atoms with Crippen LogP contribution in [0.4, 0.5) is 0 Å². The van der Waals surface area contributed by atoms with Crippen LogP contribution in [0.15, 0.2) is 28.7 Å². The number of benzene rings is 1. The summed E-state index contributed by atoms with van der Waals surface area (Å²) in [5.74, 6) is -0.329. The van der Waals surface area contributed by atoms with Crippen molar-refractivity contribution in [1.82, 2.24) is 10.6 Å². The lowest BCUT2D eigenvalue weighted by Gasteiger charge is -2.24. The van der Waals surface area contributed by atoms with Gasteiger partial charge in [-0.1, -0.05) is 48.8 Å². The summed E-state index contributed by atoms with van der Waals surface area (Å²) >= 11 is 3.35. The van der Waals surface area contributed by atoms with Crippen molar-refractivity contribution in [2.24, 2.45) is 11.1 Å². The van der Waals surface area contributed by atoms with Gasteiger partial charge in [-0.15, -0.1) is 12.4 Å². The average molecular weight is 407 g/mol. The Hall–Kier alpha value is -1.11. The Kier molecular flexibility index (Phi) is 8.24. The van der Waals surface area contributed by atoms with Crippen molar-refractivity contribution < 1.29 is 9.59 Å². The molecule has 1 rings (SSSR count). The predicted octanol–water partition coefficient (Wildman–Crippen LogP) is 2.32. The number of rotatable bonds is 5. The summed E-state index contributed by atoms with van der Waals surface area (Å²) in [5.41, 5.74) is 5.30. The molecule has 5 nitrogen and oxygen atoms in total. The maximum absolute atomic E-state index is 12.2. The normalized spacial score (nSPS) is 13.5. The van der Waals surface area contributed by atoms with Crippen molar-refractivity contribution in [1.29, 1.82) is 0 Å². The number of carbonyl (C=O) groups is 2. The Morgan fingerprint density at radius 3 is 1.87 bits per heavy atom. The van der Waals surface area contributed by atoms with Crippen LogP contribution >= 0.6 is 28.3 Å². The molecule has 0 aromatic heterocycles. The second-order valence-electron chi connectivity index (χ2n) is 6.47. The topological polar surface area (TPSA) is 84.2 Å². The highest BCUT2D eigenvalue weighted by molar-refractivity contribution is 9.10. The second kappa shape index (κ2) is 8.66. The monoisotopic (exact) mass is 405 g/mol. The molecule has 1 atom stereocenters. The average Bonchev–Trinajstić information content (AvgIpc) is 2.42. The number of carbonyl (C=O) groups excluding carboxylic acids is 2. The quantitative estimate of drug-likeness (QED) is 0.656. The molecule has 1 aromatic carbocycles. The molecule has 0 fully saturated rings. The molecule has 1 aromatic rings. The largest absolute Gasteiger partial charge is 0.354 e. The van der Waals surface area contributed by atoms with Crippen molar-refractivity contribution in [3.05, 3.63) is 34.3 Å². The van der Waals surface area contributed by atoms with Crippen LogP contribution in [0.2, 0.25) is 0 Å². The molecular weight excluding hydrogens is 382 g/mol. The van der Waals surface area contributed by atoms with Gasteiger partial charge in [0.05, 0.1) is 0 Å². The molecule has 23 heavy (non-hydrogen) atoms. The van der Waals surface area contributed by atoms with E-state index >= 15 is 0 Å². The van der Waals surface area contributed by atoms with Crippen LogP contribution < -0.4 is 16.4 Å². The number of amides is 2. The lowest BCUT2D eigenvalue weighted by Crippen LogP contribution is -2.50. The molecule has 1 unspecified atom stereocenters. The van der Waals surface area contributed by atoms with Crippen molar-refractivity contribution in [3.63, 3.8) is 0 Å². The van der Waals surface area contributed by atoms with Crippen molar-refractivity contribution >= 4 is 40.2 Å². The summed E-state index contributed by atoms with van der Waals surface area (Å²) < 4.78 is 0.928. The predicted molar refractivity (Wildman–Crippen MR) is 98.4 cm³/mol. The van der Waals surface area contributed by atoms with E-state index < -0.39 is 11.0 Å². The van der Waals surface area contributed by atoms with Crippen LogP contribution in [0.25, 0.3) is 0 Å². The van der Waals surface area contributed by atoms with Crippen LogP contribution in [0.5, 0.6) is 0 Å². The molecule has 2 amide bonds. The van der Waals surface area contributed by atoms with Crippen molar-refractivity contribution in [2.75, 3.05) is 13.1 Å². The Bertz CT molecular complexity index is 539. The van der Waals surface area contributed by atoms with Crippen molar-refractivity contribution in [3.8, 4) is 0 Å². The van der Waals surface area contributed by atoms with Crippen LogP contribution in [0, 0.1) is 5.41 Å². The molecule has 130 valence electrons. The van der Waals surface area contributed by atoms with Crippen LogP contribution in [0.3, 0.4) is 0 Å². The molecule has 4 N–H and O–H groups in total. The fourth-order valence-electron chi connectivity index (χ4n) is 1.73. The van der Waals surface area contributed by atoms with Gasteiger partial charge in [0.2, 0.25) is 11.8 Å². The first-order valence-corrected chi connectivity index (χ1v) is 7.96. The molecule has 0 saturated heterocycles. The molecular formula is C16H25BrClN3O2. The SMILES string of the molecule is CC(C)(C)C(=O)NCCNC(=O)C(C)(N)c1ccc(Br)cc1.Cl. The first-order valence-electron chi connectivity index (χ1n) is 7.16. The van der Waals surface area contributed by atoms with Gasteiger partial charge in [-0.25, -0.2) is 0 Å². The van der Waals surface area contributed by atoms with Gasteiger partial charge in [0.1, 0.15) is 5.54 Å². The maximum Gasteiger partial charge on any atom is 0.244 e. The summed E-state index contributed by atoms with van der Waals surface area (Å²) in [6.07, 6.45) is 0. The van der Waals surface area contributed by atoms with Gasteiger partial charge in [-0.05, 0) is 24.6 Å². The minimum absolute atomic E-state index is 0. The highest BCUT2D eigenvalue weighted by atomic mass is 79.9. The number of halogens is 2. The third-order valence-corrected chi connectivity index (χ3v) is 3.82. The smallest absolute Gasteiger partial charge is 0.244 e. The molecule has 0 heterocycles. The third-order valence-electron chi connectivity index (χ3n) is 3.29. The minimum atomic E-state index is -1.12. The standard InChI is InChI=1S/C16H24BrN3O2.ClH/c1-15(2,3)13(21)19-9-10-20-14(22)16(4,18)11-5-7-12(17)8-6-11;/h5-8H,9-10,18H2,1-4H3,(H,19,21)(H,20,22);1H. The maximum atomic E-state index is 12.2. The van der Waals surface area contributed by atoms with Crippen LogP contribution in [-0.4, -0.2) is 24.9 Å². The summed E-state index contributed by atoms with van der Waals surface area (Å²) in [7, 11) is 0. The number of hydrogen-bond donors (Lipinski definition) is 3. The zero-order valence-electron chi connectivity index (χ0n) is 13.9. The van der Waals surface area contributed by atoms with E-state index in [2.05, 4.69) is 26.6 Å². The highest BCUT2D eigenvalue weighted by Crippen LogP contribution is 2.20. The first-order chi connectivity index (χ1) is 10.0. The Labute approximate surface area is 152 Å². The second-order valence-corrected chi connectivity index (χ2v) is 7.39. The van der Waals surface area contributed by atoms with E-state index in [1.807, 2.05) is 45.0 Å². The third kappa shape index (κ3) is 6.49. The van der Waals surface area contributed by atoms with E-state index in [-0.39, 0.29) is 24.2 Å². The van der Waals surface area contributed by atoms with E-state index in [0.717, 1.165) is 10.0 Å². The van der Waals surface area contributed by atoms with Crippen LogP contribution in [0.1, 0.15) is 33.3 Å². The molecule has 0 aliphatic rings. The molecule has 0 radical (unpaired) electrons. The molecule has 0 spiro atoms. The van der Waals surface area contributed by atoms with Gasteiger partial charge in [0.25, 0.3) is 0 Å². The number of nitrogens with one attached hydrogen (secondary N) is 2. The fourth-order valence-corrected chi connectivity index (χ4v) is 1.99. The Morgan fingerprint density at radius 1 is 1.00 bits per heavy atom. The molecule has 0 aliphatic heterocycles. The van der Waals surface area contributed by atoms with E-state index in [4.69, 9.17) is 5.73 Å². The summed E-state index contributed by atoms with van der Waals surface area (Å²) in [6.45, 7) is 7.89. The fraction of sp³-hybridized carbons (Fsp3) is 0.500. The lowest BCUT2D eigenvalue weighted by atomic mass is 9.92. The van der Waals surface area contributed by atoms with Gasteiger partial charge >= 0.3 is 0 Å². The molecule has 7 heteroatoms. The summed E-state index contributed by atoms with van der Waals surface area (Å²) in [4.78, 5) is 23.9. The van der Waals surface area contributed by atoms with Gasteiger partial charge in [-0.2, -0.15) is 0 Å². The van der Waals surface area contributed by atoms with E-state index in [1.54, 1.807) is 6.92 Å².